The van der Waals surface area contributed by atoms with E-state index in [-0.39, 0.29) is 0 Å². The lowest BCUT2D eigenvalue weighted by atomic mass is 9.98. The average molecular weight is 250 g/mol. The van der Waals surface area contributed by atoms with Crippen molar-refractivity contribution in [2.45, 2.75) is 40.5 Å². The molecule has 0 aliphatic rings. The molecule has 1 rings (SSSR count). The van der Waals surface area contributed by atoms with Crippen LogP contribution in [0.1, 0.15) is 43.6 Å². The molecule has 0 fully saturated rings. The van der Waals surface area contributed by atoms with Crippen molar-refractivity contribution < 1.29 is 0 Å². The van der Waals surface area contributed by atoms with Gasteiger partial charge in [-0.15, -0.1) is 0 Å². The lowest BCUT2D eigenvalue weighted by Gasteiger charge is -2.22. The van der Waals surface area contributed by atoms with Gasteiger partial charge in [0.2, 0.25) is 5.95 Å². The maximum absolute atomic E-state index is 4.67. The van der Waals surface area contributed by atoms with Crippen LogP contribution in [-0.2, 0) is 0 Å². The fourth-order valence-electron chi connectivity index (χ4n) is 2.48. The van der Waals surface area contributed by atoms with E-state index in [4.69, 9.17) is 0 Å². The minimum Gasteiger partial charge on any atom is -0.341 e. The number of rotatable bonds is 6. The molecule has 0 saturated heterocycles. The van der Waals surface area contributed by atoms with Gasteiger partial charge in [0.1, 0.15) is 0 Å². The van der Waals surface area contributed by atoms with Crippen LogP contribution in [0.4, 0.5) is 5.95 Å². The van der Waals surface area contributed by atoms with E-state index in [1.165, 1.54) is 5.56 Å². The Labute approximate surface area is 111 Å². The Kier molecular flexibility index (Phi) is 5.54. The Balaban J connectivity index is 3.11. The zero-order chi connectivity index (χ0) is 13.7. The molecule has 1 aromatic heterocycles. The number of nitrogens with zero attached hydrogens (tertiary/aromatic N) is 3. The number of aromatic nitrogens is 2. The standard InChI is InChI=1S/C14H26N4/c1-7-18(8-2)14-16-11(4)13(12(5)17-14)10(3)9-15-6/h10,15H,7-9H2,1-6H3. The summed E-state index contributed by atoms with van der Waals surface area (Å²) in [6.45, 7) is 13.5. The Morgan fingerprint density at radius 3 is 2.00 bits per heavy atom. The van der Waals surface area contributed by atoms with Gasteiger partial charge in [-0.25, -0.2) is 9.97 Å². The molecule has 18 heavy (non-hydrogen) atoms. The predicted octanol–water partition coefficient (Wildman–Crippen LogP) is 2.26. The molecule has 4 nitrogen and oxygen atoms in total. The third-order valence-electron chi connectivity index (χ3n) is 3.36. The number of likely N-dealkylation sites (N-methyl/N-ethyl adjacent to an activating group) is 1. The molecule has 1 aromatic rings. The molecular weight excluding hydrogens is 224 g/mol. The van der Waals surface area contributed by atoms with Crippen LogP contribution in [-0.4, -0.2) is 36.6 Å². The van der Waals surface area contributed by atoms with E-state index in [9.17, 15) is 0 Å². The molecule has 1 heterocycles. The molecule has 102 valence electrons. The summed E-state index contributed by atoms with van der Waals surface area (Å²) in [6.07, 6.45) is 0. The molecule has 0 aliphatic heterocycles. The lowest BCUT2D eigenvalue weighted by Crippen LogP contribution is -2.26. The summed E-state index contributed by atoms with van der Waals surface area (Å²) >= 11 is 0. The second kappa shape index (κ2) is 6.69. The van der Waals surface area contributed by atoms with Crippen molar-refractivity contribution in [3.05, 3.63) is 17.0 Å². The summed E-state index contributed by atoms with van der Waals surface area (Å²) in [5.74, 6) is 1.30. The van der Waals surface area contributed by atoms with Gasteiger partial charge in [-0.1, -0.05) is 6.92 Å². The zero-order valence-corrected chi connectivity index (χ0v) is 12.5. The van der Waals surface area contributed by atoms with Gasteiger partial charge in [0.25, 0.3) is 0 Å². The van der Waals surface area contributed by atoms with Gasteiger partial charge in [-0.2, -0.15) is 0 Å². The maximum Gasteiger partial charge on any atom is 0.225 e. The van der Waals surface area contributed by atoms with Crippen LogP contribution in [0.25, 0.3) is 0 Å². The molecule has 0 bridgehead atoms. The molecule has 1 N–H and O–H groups in total. The molecular formula is C14H26N4. The van der Waals surface area contributed by atoms with Crippen LogP contribution < -0.4 is 10.2 Å². The predicted molar refractivity (Wildman–Crippen MR) is 77.4 cm³/mol. The van der Waals surface area contributed by atoms with Crippen molar-refractivity contribution in [3.63, 3.8) is 0 Å². The molecule has 0 spiro atoms. The van der Waals surface area contributed by atoms with Crippen LogP contribution in [0.5, 0.6) is 0 Å². The summed E-state index contributed by atoms with van der Waals surface area (Å²) in [7, 11) is 1.98. The number of anilines is 1. The minimum absolute atomic E-state index is 0.445. The highest BCUT2D eigenvalue weighted by Gasteiger charge is 2.16. The topological polar surface area (TPSA) is 41.1 Å². The first-order valence-electron chi connectivity index (χ1n) is 6.79. The number of hydrogen-bond acceptors (Lipinski definition) is 4. The van der Waals surface area contributed by atoms with Gasteiger partial charge in [-0.3, -0.25) is 0 Å². The summed E-state index contributed by atoms with van der Waals surface area (Å²) in [6, 6.07) is 0. The lowest BCUT2D eigenvalue weighted by molar-refractivity contribution is 0.660. The molecule has 0 aliphatic carbocycles. The summed E-state index contributed by atoms with van der Waals surface area (Å²) < 4.78 is 0. The van der Waals surface area contributed by atoms with Gasteiger partial charge in [0.05, 0.1) is 0 Å². The van der Waals surface area contributed by atoms with Crippen molar-refractivity contribution in [2.24, 2.45) is 0 Å². The van der Waals surface area contributed by atoms with E-state index in [0.717, 1.165) is 37.0 Å². The Morgan fingerprint density at radius 1 is 1.11 bits per heavy atom. The molecule has 4 heteroatoms. The first kappa shape index (κ1) is 14.9. The number of nitrogens with one attached hydrogen (secondary N) is 1. The highest BCUT2D eigenvalue weighted by Crippen LogP contribution is 2.23. The fraction of sp³-hybridized carbons (Fsp3) is 0.714. The maximum atomic E-state index is 4.67. The van der Waals surface area contributed by atoms with Crippen LogP contribution in [0.15, 0.2) is 0 Å². The first-order chi connectivity index (χ1) is 8.54. The third kappa shape index (κ3) is 3.19. The van der Waals surface area contributed by atoms with E-state index < -0.39 is 0 Å². The minimum atomic E-state index is 0.445. The van der Waals surface area contributed by atoms with Crippen molar-refractivity contribution in [3.8, 4) is 0 Å². The van der Waals surface area contributed by atoms with Gasteiger partial charge in [-0.05, 0) is 46.2 Å². The molecule has 0 saturated carbocycles. The van der Waals surface area contributed by atoms with E-state index in [0.29, 0.717) is 5.92 Å². The molecule has 1 atom stereocenters. The van der Waals surface area contributed by atoms with Gasteiger partial charge in [0, 0.05) is 31.0 Å². The van der Waals surface area contributed by atoms with Gasteiger partial charge < -0.3 is 10.2 Å². The van der Waals surface area contributed by atoms with Gasteiger partial charge in [0.15, 0.2) is 0 Å². The molecule has 1 unspecified atom stereocenters. The average Bonchev–Trinajstić information content (AvgIpc) is 2.30. The highest BCUT2D eigenvalue weighted by atomic mass is 15.2. The quantitative estimate of drug-likeness (QED) is 0.841. The second-order valence-corrected chi connectivity index (χ2v) is 4.74. The van der Waals surface area contributed by atoms with Gasteiger partial charge >= 0.3 is 0 Å². The van der Waals surface area contributed by atoms with E-state index in [2.05, 4.69) is 54.8 Å². The van der Waals surface area contributed by atoms with Crippen molar-refractivity contribution >= 4 is 5.95 Å². The van der Waals surface area contributed by atoms with Crippen molar-refractivity contribution in [1.29, 1.82) is 0 Å². The SMILES string of the molecule is CCN(CC)c1nc(C)c(C(C)CNC)c(C)n1. The number of aryl methyl sites for hydroxylation is 2. The zero-order valence-electron chi connectivity index (χ0n) is 12.5. The van der Waals surface area contributed by atoms with Crippen molar-refractivity contribution in [1.82, 2.24) is 15.3 Å². The molecule has 0 aromatic carbocycles. The first-order valence-corrected chi connectivity index (χ1v) is 6.79. The van der Waals surface area contributed by atoms with Crippen molar-refractivity contribution in [2.75, 3.05) is 31.6 Å². The Bertz CT molecular complexity index is 362. The number of hydrogen-bond donors (Lipinski definition) is 1. The summed E-state index contributed by atoms with van der Waals surface area (Å²) in [5.41, 5.74) is 3.49. The monoisotopic (exact) mass is 250 g/mol. The smallest absolute Gasteiger partial charge is 0.225 e. The largest absolute Gasteiger partial charge is 0.341 e. The van der Waals surface area contributed by atoms with Crippen LogP contribution in [0.2, 0.25) is 0 Å². The van der Waals surface area contributed by atoms with E-state index in [1.807, 2.05) is 7.05 Å². The van der Waals surface area contributed by atoms with E-state index >= 15 is 0 Å². The van der Waals surface area contributed by atoms with E-state index in [1.54, 1.807) is 0 Å². The molecule has 0 amide bonds. The van der Waals surface area contributed by atoms with Crippen LogP contribution in [0.3, 0.4) is 0 Å². The summed E-state index contributed by atoms with van der Waals surface area (Å²) in [4.78, 5) is 11.5. The summed E-state index contributed by atoms with van der Waals surface area (Å²) in [5, 5.41) is 3.21. The molecule has 0 radical (unpaired) electrons. The Hall–Kier alpha value is -1.16. The second-order valence-electron chi connectivity index (χ2n) is 4.74. The highest BCUT2D eigenvalue weighted by molar-refractivity contribution is 5.38. The Morgan fingerprint density at radius 2 is 1.61 bits per heavy atom. The third-order valence-corrected chi connectivity index (χ3v) is 3.36. The van der Waals surface area contributed by atoms with Crippen LogP contribution >= 0.6 is 0 Å². The fourth-order valence-corrected chi connectivity index (χ4v) is 2.48. The normalized spacial score (nSPS) is 12.6. The van der Waals surface area contributed by atoms with Crippen LogP contribution in [0, 0.1) is 13.8 Å².